The standard InChI is InChI=1S/C23H20F2O/c24-23(25,22(15-16-22)20-9-5-2-6-10-20)21(26)19-13-11-18(12-14-19)17-7-3-1-4-8-17/h1-14,21,26H,15-16H2. The van der Waals surface area contributed by atoms with Crippen LogP contribution in [0.25, 0.3) is 11.1 Å². The van der Waals surface area contributed by atoms with E-state index in [0.29, 0.717) is 18.4 Å². The maximum absolute atomic E-state index is 15.2. The van der Waals surface area contributed by atoms with Gasteiger partial charge in [-0.1, -0.05) is 84.9 Å². The zero-order chi connectivity index (χ0) is 18.2. The Morgan fingerprint density at radius 2 is 1.23 bits per heavy atom. The van der Waals surface area contributed by atoms with Gasteiger partial charge in [0.25, 0.3) is 5.92 Å². The van der Waals surface area contributed by atoms with Crippen LogP contribution < -0.4 is 0 Å². The summed E-state index contributed by atoms with van der Waals surface area (Å²) in [6.07, 6.45) is -1.04. The van der Waals surface area contributed by atoms with Gasteiger partial charge in [-0.25, -0.2) is 8.78 Å². The van der Waals surface area contributed by atoms with E-state index in [0.717, 1.165) is 11.1 Å². The summed E-state index contributed by atoms with van der Waals surface area (Å²) in [7, 11) is 0. The monoisotopic (exact) mass is 350 g/mol. The molecule has 0 aromatic heterocycles. The van der Waals surface area contributed by atoms with E-state index in [2.05, 4.69) is 0 Å². The lowest BCUT2D eigenvalue weighted by atomic mass is 9.83. The predicted molar refractivity (Wildman–Crippen MR) is 99.1 cm³/mol. The molecule has 1 N–H and O–H groups in total. The highest BCUT2D eigenvalue weighted by atomic mass is 19.3. The summed E-state index contributed by atoms with van der Waals surface area (Å²) in [4.78, 5) is 0. The minimum atomic E-state index is -3.22. The van der Waals surface area contributed by atoms with E-state index in [-0.39, 0.29) is 5.56 Å². The van der Waals surface area contributed by atoms with Crippen LogP contribution in [0.3, 0.4) is 0 Å². The molecule has 0 radical (unpaired) electrons. The number of aliphatic hydroxyl groups excluding tert-OH is 1. The van der Waals surface area contributed by atoms with E-state index in [4.69, 9.17) is 0 Å². The zero-order valence-electron chi connectivity index (χ0n) is 14.3. The third-order valence-corrected chi connectivity index (χ3v) is 5.39. The molecule has 1 fully saturated rings. The third kappa shape index (κ3) is 2.73. The molecule has 1 nitrogen and oxygen atoms in total. The topological polar surface area (TPSA) is 20.2 Å². The number of benzene rings is 3. The van der Waals surface area contributed by atoms with Gasteiger partial charge in [0.2, 0.25) is 0 Å². The number of rotatable bonds is 5. The molecule has 1 aliphatic carbocycles. The van der Waals surface area contributed by atoms with Crippen molar-refractivity contribution in [1.82, 2.24) is 0 Å². The first kappa shape index (κ1) is 16.9. The highest BCUT2D eigenvalue weighted by Gasteiger charge is 2.66. The Morgan fingerprint density at radius 1 is 0.731 bits per heavy atom. The van der Waals surface area contributed by atoms with Gasteiger partial charge in [-0.05, 0) is 35.1 Å². The number of hydrogen-bond donors (Lipinski definition) is 1. The van der Waals surface area contributed by atoms with E-state index < -0.39 is 17.4 Å². The lowest BCUT2D eigenvalue weighted by Gasteiger charge is -2.31. The number of alkyl halides is 2. The average molecular weight is 350 g/mol. The Kier molecular flexibility index (Phi) is 4.12. The second kappa shape index (κ2) is 6.33. The molecule has 3 heteroatoms. The van der Waals surface area contributed by atoms with Crippen molar-refractivity contribution >= 4 is 0 Å². The number of hydrogen-bond acceptors (Lipinski definition) is 1. The van der Waals surface area contributed by atoms with Crippen LogP contribution in [0.4, 0.5) is 8.78 Å². The van der Waals surface area contributed by atoms with Gasteiger partial charge in [0.1, 0.15) is 6.10 Å². The van der Waals surface area contributed by atoms with Crippen LogP contribution in [0.2, 0.25) is 0 Å². The summed E-state index contributed by atoms with van der Waals surface area (Å²) in [6.45, 7) is 0. The molecule has 1 saturated carbocycles. The summed E-state index contributed by atoms with van der Waals surface area (Å²) in [5, 5.41) is 10.5. The molecule has 1 atom stereocenters. The van der Waals surface area contributed by atoms with Crippen molar-refractivity contribution in [2.24, 2.45) is 0 Å². The summed E-state index contributed by atoms with van der Waals surface area (Å²) >= 11 is 0. The molecule has 0 saturated heterocycles. The van der Waals surface area contributed by atoms with Crippen molar-refractivity contribution in [3.05, 3.63) is 96.1 Å². The zero-order valence-corrected chi connectivity index (χ0v) is 14.3. The molecule has 0 spiro atoms. The Hall–Kier alpha value is -2.52. The molecule has 4 rings (SSSR count). The molecule has 0 aliphatic heterocycles. The first-order valence-electron chi connectivity index (χ1n) is 8.81. The molecule has 1 unspecified atom stereocenters. The second-order valence-electron chi connectivity index (χ2n) is 6.96. The van der Waals surface area contributed by atoms with Crippen molar-refractivity contribution in [2.45, 2.75) is 30.3 Å². The molecule has 132 valence electrons. The van der Waals surface area contributed by atoms with Gasteiger partial charge in [0, 0.05) is 0 Å². The molecule has 3 aromatic carbocycles. The first-order chi connectivity index (χ1) is 12.5. The minimum Gasteiger partial charge on any atom is -0.382 e. The van der Waals surface area contributed by atoms with Crippen molar-refractivity contribution in [1.29, 1.82) is 0 Å². The van der Waals surface area contributed by atoms with Crippen LogP contribution in [0, 0.1) is 0 Å². The van der Waals surface area contributed by atoms with Crippen molar-refractivity contribution in [3.8, 4) is 11.1 Å². The normalized spacial score (nSPS) is 16.9. The maximum Gasteiger partial charge on any atom is 0.286 e. The molecule has 0 amide bonds. The molecule has 0 bridgehead atoms. The van der Waals surface area contributed by atoms with Crippen molar-refractivity contribution in [2.75, 3.05) is 0 Å². The number of aliphatic hydroxyl groups is 1. The molecular weight excluding hydrogens is 330 g/mol. The quantitative estimate of drug-likeness (QED) is 0.621. The first-order valence-corrected chi connectivity index (χ1v) is 8.81. The summed E-state index contributed by atoms with van der Waals surface area (Å²) in [5.74, 6) is -3.22. The molecule has 26 heavy (non-hydrogen) atoms. The molecular formula is C23H20F2O. The van der Waals surface area contributed by atoms with Crippen LogP contribution >= 0.6 is 0 Å². The number of halogens is 2. The van der Waals surface area contributed by atoms with Crippen LogP contribution in [0.5, 0.6) is 0 Å². The van der Waals surface area contributed by atoms with Gasteiger partial charge >= 0.3 is 0 Å². The van der Waals surface area contributed by atoms with Crippen LogP contribution in [0.15, 0.2) is 84.9 Å². The van der Waals surface area contributed by atoms with Gasteiger partial charge < -0.3 is 5.11 Å². The van der Waals surface area contributed by atoms with Crippen molar-refractivity contribution in [3.63, 3.8) is 0 Å². The average Bonchev–Trinajstić information content (AvgIpc) is 3.51. The molecule has 1 aliphatic rings. The largest absolute Gasteiger partial charge is 0.382 e. The highest BCUT2D eigenvalue weighted by molar-refractivity contribution is 5.63. The lowest BCUT2D eigenvalue weighted by Crippen LogP contribution is -2.39. The van der Waals surface area contributed by atoms with E-state index in [9.17, 15) is 5.11 Å². The Balaban J connectivity index is 1.62. The van der Waals surface area contributed by atoms with Gasteiger partial charge in [-0.3, -0.25) is 0 Å². The fraction of sp³-hybridized carbons (Fsp3) is 0.217. The maximum atomic E-state index is 15.2. The van der Waals surface area contributed by atoms with E-state index >= 15 is 8.78 Å². The van der Waals surface area contributed by atoms with E-state index in [1.54, 1.807) is 48.5 Å². The van der Waals surface area contributed by atoms with Crippen molar-refractivity contribution < 1.29 is 13.9 Å². The SMILES string of the molecule is OC(c1ccc(-c2ccccc2)cc1)C(F)(F)C1(c2ccccc2)CC1. The molecule has 3 aromatic rings. The minimum absolute atomic E-state index is 0.247. The summed E-state index contributed by atoms with van der Waals surface area (Å²) < 4.78 is 30.4. The summed E-state index contributed by atoms with van der Waals surface area (Å²) in [6, 6.07) is 25.3. The van der Waals surface area contributed by atoms with Crippen LogP contribution in [-0.2, 0) is 5.41 Å². The van der Waals surface area contributed by atoms with Gasteiger partial charge in [-0.15, -0.1) is 0 Å². The fourth-order valence-electron chi connectivity index (χ4n) is 3.66. The van der Waals surface area contributed by atoms with Gasteiger partial charge in [-0.2, -0.15) is 0 Å². The lowest BCUT2D eigenvalue weighted by molar-refractivity contribution is -0.138. The van der Waals surface area contributed by atoms with Crippen LogP contribution in [-0.4, -0.2) is 11.0 Å². The van der Waals surface area contributed by atoms with E-state index in [1.165, 1.54) is 0 Å². The Morgan fingerprint density at radius 3 is 1.77 bits per heavy atom. The third-order valence-electron chi connectivity index (χ3n) is 5.39. The fourth-order valence-corrected chi connectivity index (χ4v) is 3.66. The van der Waals surface area contributed by atoms with Gasteiger partial charge in [0.15, 0.2) is 0 Å². The van der Waals surface area contributed by atoms with Gasteiger partial charge in [0.05, 0.1) is 5.41 Å². The Labute approximate surface area is 151 Å². The highest BCUT2D eigenvalue weighted by Crippen LogP contribution is 2.61. The van der Waals surface area contributed by atoms with E-state index in [1.807, 2.05) is 36.4 Å². The summed E-state index contributed by atoms with van der Waals surface area (Å²) in [5.41, 5.74) is 1.55. The molecule has 0 heterocycles. The predicted octanol–water partition coefficient (Wildman–Crippen LogP) is 5.75. The van der Waals surface area contributed by atoms with Crippen LogP contribution in [0.1, 0.15) is 30.1 Å². The second-order valence-corrected chi connectivity index (χ2v) is 6.96. The smallest absolute Gasteiger partial charge is 0.286 e. The Bertz CT molecular complexity index is 869.